The highest BCUT2D eigenvalue weighted by Crippen LogP contribution is 2.21. The van der Waals surface area contributed by atoms with Crippen LogP contribution >= 0.6 is 0 Å². The lowest BCUT2D eigenvalue weighted by Crippen LogP contribution is -2.28. The van der Waals surface area contributed by atoms with E-state index in [4.69, 9.17) is 5.84 Å². The number of para-hydroxylation sites is 1. The molecule has 1 aromatic heterocycles. The van der Waals surface area contributed by atoms with Crippen LogP contribution in [0, 0.1) is 0 Å². The zero-order valence-electron chi connectivity index (χ0n) is 17.1. The first-order valence-corrected chi connectivity index (χ1v) is 10.1. The van der Waals surface area contributed by atoms with Crippen LogP contribution in [0.4, 0.5) is 11.4 Å². The van der Waals surface area contributed by atoms with Gasteiger partial charge < -0.3 is 20.6 Å². The Bertz CT molecular complexity index is 1130. The van der Waals surface area contributed by atoms with Crippen LogP contribution in [0.2, 0.25) is 0 Å². The summed E-state index contributed by atoms with van der Waals surface area (Å²) in [5.41, 5.74) is 3.24. The van der Waals surface area contributed by atoms with Crippen LogP contribution in [-0.2, 0) is 0 Å². The number of rotatable bonds is 4. The summed E-state index contributed by atoms with van der Waals surface area (Å²) in [6.07, 6.45) is 2.70. The number of aliphatic imine (C=N–C) groups is 1. The van der Waals surface area contributed by atoms with Gasteiger partial charge in [0, 0.05) is 30.8 Å². The van der Waals surface area contributed by atoms with Crippen LogP contribution in [-0.4, -0.2) is 55.0 Å². The van der Waals surface area contributed by atoms with Crippen LogP contribution < -0.4 is 16.3 Å². The van der Waals surface area contributed by atoms with Crippen molar-refractivity contribution < 1.29 is 0 Å². The standard InChI is InChI=1S/C23H26N6O/c1-28-11-4-12-29(14-13-28)19-9-7-18(8-10-19)25-16-22(27-24)20-15-17-5-2-3-6-21(17)26-23(20)30/h2-3,5-10,15-16H,4,11-14,24H2,1H3,(H,26,30). The van der Waals surface area contributed by atoms with Crippen LogP contribution in [0.1, 0.15) is 12.0 Å². The molecule has 0 spiro atoms. The molecule has 1 aliphatic rings. The summed E-state index contributed by atoms with van der Waals surface area (Å²) < 4.78 is 0. The Morgan fingerprint density at radius 1 is 1.07 bits per heavy atom. The van der Waals surface area contributed by atoms with Gasteiger partial charge in [0.25, 0.3) is 5.56 Å². The second kappa shape index (κ2) is 8.92. The van der Waals surface area contributed by atoms with E-state index in [1.165, 1.54) is 11.9 Å². The second-order valence-corrected chi connectivity index (χ2v) is 7.53. The molecule has 4 rings (SSSR count). The molecular weight excluding hydrogens is 376 g/mol. The number of likely N-dealkylation sites (N-methyl/N-ethyl adjacent to an activating group) is 1. The van der Waals surface area contributed by atoms with Gasteiger partial charge in [0.15, 0.2) is 0 Å². The summed E-state index contributed by atoms with van der Waals surface area (Å²) in [7, 11) is 2.17. The zero-order valence-corrected chi connectivity index (χ0v) is 17.1. The Morgan fingerprint density at radius 3 is 2.67 bits per heavy atom. The summed E-state index contributed by atoms with van der Waals surface area (Å²) in [6, 6.07) is 17.5. The number of hydrazone groups is 1. The maximum absolute atomic E-state index is 12.5. The van der Waals surface area contributed by atoms with E-state index < -0.39 is 0 Å². The van der Waals surface area contributed by atoms with Crippen molar-refractivity contribution in [1.29, 1.82) is 0 Å². The van der Waals surface area contributed by atoms with Crippen molar-refractivity contribution in [3.05, 3.63) is 70.5 Å². The number of hydrogen-bond donors (Lipinski definition) is 2. The fourth-order valence-electron chi connectivity index (χ4n) is 3.70. The van der Waals surface area contributed by atoms with Crippen molar-refractivity contribution in [3.8, 4) is 0 Å². The van der Waals surface area contributed by atoms with Gasteiger partial charge in [-0.2, -0.15) is 5.10 Å². The number of nitrogens with two attached hydrogens (primary N) is 1. The number of benzene rings is 2. The molecule has 0 atom stereocenters. The number of pyridine rings is 1. The molecule has 0 saturated carbocycles. The third kappa shape index (κ3) is 4.41. The van der Waals surface area contributed by atoms with Crippen molar-refractivity contribution in [3.63, 3.8) is 0 Å². The van der Waals surface area contributed by atoms with Crippen LogP contribution in [0.25, 0.3) is 10.9 Å². The summed E-state index contributed by atoms with van der Waals surface area (Å²) in [6.45, 7) is 4.28. The molecule has 0 unspecified atom stereocenters. The van der Waals surface area contributed by atoms with Gasteiger partial charge in [0.1, 0.15) is 5.71 Å². The molecule has 0 bridgehead atoms. The van der Waals surface area contributed by atoms with E-state index in [1.807, 2.05) is 36.4 Å². The molecule has 0 radical (unpaired) electrons. The largest absolute Gasteiger partial charge is 0.370 e. The fraction of sp³-hybridized carbons (Fsp3) is 0.261. The Labute approximate surface area is 175 Å². The number of aromatic nitrogens is 1. The molecule has 0 aliphatic carbocycles. The topological polar surface area (TPSA) is 90.1 Å². The van der Waals surface area contributed by atoms with Gasteiger partial charge in [-0.1, -0.05) is 18.2 Å². The average Bonchev–Trinajstić information content (AvgIpc) is 2.99. The van der Waals surface area contributed by atoms with Crippen LogP contribution in [0.5, 0.6) is 0 Å². The SMILES string of the molecule is CN1CCCN(c2ccc(N=CC(=NN)c3cc4ccccc4[nH]c3=O)cc2)CC1. The number of aromatic amines is 1. The van der Waals surface area contributed by atoms with Crippen LogP contribution in [0.3, 0.4) is 0 Å². The maximum atomic E-state index is 12.5. The van der Waals surface area contributed by atoms with E-state index >= 15 is 0 Å². The predicted octanol–water partition coefficient (Wildman–Crippen LogP) is 2.74. The lowest BCUT2D eigenvalue weighted by atomic mass is 10.1. The summed E-state index contributed by atoms with van der Waals surface area (Å²) >= 11 is 0. The number of hydrogen-bond acceptors (Lipinski definition) is 6. The Kier molecular flexibility index (Phi) is 5.90. The lowest BCUT2D eigenvalue weighted by Gasteiger charge is -2.22. The van der Waals surface area contributed by atoms with Gasteiger partial charge in [0.05, 0.1) is 17.5 Å². The van der Waals surface area contributed by atoms with Gasteiger partial charge in [-0.25, -0.2) is 0 Å². The molecule has 1 fully saturated rings. The van der Waals surface area contributed by atoms with Gasteiger partial charge in [0.2, 0.25) is 0 Å². The second-order valence-electron chi connectivity index (χ2n) is 7.53. The summed E-state index contributed by atoms with van der Waals surface area (Å²) in [4.78, 5) is 24.6. The first-order valence-electron chi connectivity index (χ1n) is 10.1. The third-order valence-corrected chi connectivity index (χ3v) is 5.44. The van der Waals surface area contributed by atoms with Crippen molar-refractivity contribution in [2.75, 3.05) is 38.1 Å². The normalized spacial score (nSPS) is 16.3. The number of H-pyrrole nitrogens is 1. The molecule has 3 aromatic rings. The first kappa shape index (κ1) is 19.8. The molecule has 154 valence electrons. The number of nitrogens with zero attached hydrogens (tertiary/aromatic N) is 4. The zero-order chi connectivity index (χ0) is 20.9. The molecule has 3 N–H and O–H groups in total. The molecule has 30 heavy (non-hydrogen) atoms. The Hall–Kier alpha value is -3.45. The highest BCUT2D eigenvalue weighted by atomic mass is 16.1. The monoisotopic (exact) mass is 402 g/mol. The summed E-state index contributed by atoms with van der Waals surface area (Å²) in [5, 5.41) is 4.70. The van der Waals surface area contributed by atoms with Gasteiger partial charge in [-0.05, 0) is 61.8 Å². The Balaban J connectivity index is 1.52. The number of nitrogens with one attached hydrogen (secondary N) is 1. The molecule has 0 amide bonds. The lowest BCUT2D eigenvalue weighted by molar-refractivity contribution is 0.360. The average molecular weight is 403 g/mol. The minimum absolute atomic E-state index is 0.245. The molecule has 1 aliphatic heterocycles. The number of anilines is 1. The molecule has 7 nitrogen and oxygen atoms in total. The third-order valence-electron chi connectivity index (χ3n) is 5.44. The van der Waals surface area contributed by atoms with E-state index in [0.29, 0.717) is 11.3 Å². The molecular formula is C23H26N6O. The summed E-state index contributed by atoms with van der Waals surface area (Å²) in [5.74, 6) is 5.56. The minimum Gasteiger partial charge on any atom is -0.370 e. The predicted molar refractivity (Wildman–Crippen MR) is 124 cm³/mol. The fourth-order valence-corrected chi connectivity index (χ4v) is 3.70. The smallest absolute Gasteiger partial charge is 0.258 e. The van der Waals surface area contributed by atoms with Gasteiger partial charge in [-0.3, -0.25) is 9.79 Å². The highest BCUT2D eigenvalue weighted by Gasteiger charge is 2.12. The first-order chi connectivity index (χ1) is 14.6. The van der Waals surface area contributed by atoms with Crippen LogP contribution in [0.15, 0.2) is 69.5 Å². The van der Waals surface area contributed by atoms with E-state index in [9.17, 15) is 4.79 Å². The van der Waals surface area contributed by atoms with Crippen molar-refractivity contribution in [2.24, 2.45) is 15.9 Å². The molecule has 7 heteroatoms. The van der Waals surface area contributed by atoms with Gasteiger partial charge >= 0.3 is 0 Å². The van der Waals surface area contributed by atoms with E-state index in [1.54, 1.807) is 6.07 Å². The van der Waals surface area contributed by atoms with E-state index in [-0.39, 0.29) is 5.56 Å². The van der Waals surface area contributed by atoms with Gasteiger partial charge in [-0.15, -0.1) is 0 Å². The van der Waals surface area contributed by atoms with Crippen molar-refractivity contribution in [2.45, 2.75) is 6.42 Å². The molecule has 2 heterocycles. The number of fused-ring (bicyclic) bond motifs is 1. The minimum atomic E-state index is -0.245. The molecule has 2 aromatic carbocycles. The van der Waals surface area contributed by atoms with E-state index in [2.05, 4.69) is 44.1 Å². The maximum Gasteiger partial charge on any atom is 0.258 e. The van der Waals surface area contributed by atoms with Crippen molar-refractivity contribution >= 4 is 34.2 Å². The quantitative estimate of drug-likeness (QED) is 0.399. The highest BCUT2D eigenvalue weighted by molar-refractivity contribution is 6.38. The molecule has 1 saturated heterocycles. The van der Waals surface area contributed by atoms with Crippen molar-refractivity contribution in [1.82, 2.24) is 9.88 Å². The Morgan fingerprint density at radius 2 is 1.87 bits per heavy atom. The van der Waals surface area contributed by atoms with E-state index in [0.717, 1.165) is 49.2 Å².